The molecule has 1 aliphatic carbocycles. The first-order valence-corrected chi connectivity index (χ1v) is 10.8. The lowest BCUT2D eigenvalue weighted by Gasteiger charge is -2.26. The maximum atomic E-state index is 9.69. The summed E-state index contributed by atoms with van der Waals surface area (Å²) in [6, 6.07) is 2.25. The Bertz CT molecular complexity index is 807. The van der Waals surface area contributed by atoms with E-state index in [9.17, 15) is 5.11 Å². The van der Waals surface area contributed by atoms with Crippen LogP contribution in [0.25, 0.3) is 11.3 Å². The van der Waals surface area contributed by atoms with Crippen molar-refractivity contribution >= 4 is 23.2 Å². The van der Waals surface area contributed by atoms with Crippen molar-refractivity contribution in [3.8, 4) is 11.3 Å². The van der Waals surface area contributed by atoms with Crippen LogP contribution in [0.4, 0.5) is 11.6 Å². The van der Waals surface area contributed by atoms with Gasteiger partial charge in [0, 0.05) is 37.6 Å². The Hall–Kier alpha value is -1.96. The topological polar surface area (TPSA) is 92.2 Å². The first-order valence-electron chi connectivity index (χ1n) is 10.4. The van der Waals surface area contributed by atoms with Gasteiger partial charge >= 0.3 is 0 Å². The highest BCUT2D eigenvalue weighted by atomic mass is 35.5. The van der Waals surface area contributed by atoms with Crippen molar-refractivity contribution in [1.29, 1.82) is 0 Å². The molecule has 0 aromatic carbocycles. The number of rotatable bonds is 6. The fourth-order valence-electron chi connectivity index (χ4n) is 3.92. The van der Waals surface area contributed by atoms with Gasteiger partial charge in [-0.2, -0.15) is 0 Å². The first-order chi connectivity index (χ1) is 14.2. The minimum Gasteiger partial charge on any atom is -0.393 e. The number of aromatic nitrogens is 3. The van der Waals surface area contributed by atoms with Crippen molar-refractivity contribution < 1.29 is 9.84 Å². The molecule has 7 nitrogen and oxygen atoms in total. The minimum absolute atomic E-state index is 0.173. The molecule has 8 heteroatoms. The number of aliphatic hydroxyl groups excluding tert-OH is 1. The van der Waals surface area contributed by atoms with Crippen molar-refractivity contribution in [3.05, 3.63) is 29.7 Å². The van der Waals surface area contributed by atoms with E-state index in [0.29, 0.717) is 17.0 Å². The van der Waals surface area contributed by atoms with Crippen LogP contribution in [0.5, 0.6) is 0 Å². The van der Waals surface area contributed by atoms with Crippen molar-refractivity contribution in [3.63, 3.8) is 0 Å². The van der Waals surface area contributed by atoms with Crippen LogP contribution in [-0.2, 0) is 4.74 Å². The Balaban J connectivity index is 1.44. The van der Waals surface area contributed by atoms with E-state index in [0.717, 1.165) is 81.2 Å². The summed E-state index contributed by atoms with van der Waals surface area (Å²) in [6.07, 6.45) is 10.6. The highest BCUT2D eigenvalue weighted by Gasteiger charge is 2.20. The third-order valence-electron chi connectivity index (χ3n) is 5.73. The normalized spacial score (nSPS) is 23.0. The van der Waals surface area contributed by atoms with Crippen LogP contribution >= 0.6 is 11.6 Å². The molecule has 2 aromatic heterocycles. The fourth-order valence-corrected chi connectivity index (χ4v) is 4.12. The van der Waals surface area contributed by atoms with E-state index in [-0.39, 0.29) is 6.10 Å². The second kappa shape index (κ2) is 9.69. The number of nitrogens with one attached hydrogen (secondary N) is 2. The minimum atomic E-state index is -0.173. The van der Waals surface area contributed by atoms with Gasteiger partial charge < -0.3 is 20.5 Å². The molecule has 0 unspecified atom stereocenters. The Kier molecular flexibility index (Phi) is 6.79. The van der Waals surface area contributed by atoms with Gasteiger partial charge in [-0.15, -0.1) is 0 Å². The fraction of sp³-hybridized carbons (Fsp3) is 0.571. The molecule has 4 rings (SSSR count). The molecule has 1 saturated heterocycles. The van der Waals surface area contributed by atoms with E-state index in [2.05, 4.69) is 20.6 Å². The quantitative estimate of drug-likeness (QED) is 0.659. The summed E-state index contributed by atoms with van der Waals surface area (Å²) in [5.41, 5.74) is 1.53. The van der Waals surface area contributed by atoms with Gasteiger partial charge in [0.1, 0.15) is 11.6 Å². The van der Waals surface area contributed by atoms with Gasteiger partial charge in [-0.3, -0.25) is 4.98 Å². The van der Waals surface area contributed by atoms with Gasteiger partial charge in [0.05, 0.1) is 29.2 Å². The van der Waals surface area contributed by atoms with Crippen molar-refractivity contribution in [2.45, 2.75) is 50.7 Å². The average Bonchev–Trinajstić information content (AvgIpc) is 2.76. The Labute approximate surface area is 176 Å². The molecule has 29 heavy (non-hydrogen) atoms. The summed E-state index contributed by atoms with van der Waals surface area (Å²) in [7, 11) is 0. The summed E-state index contributed by atoms with van der Waals surface area (Å²) in [4.78, 5) is 13.5. The number of hydrogen-bond donors (Lipinski definition) is 3. The number of nitrogens with zero attached hydrogens (tertiary/aromatic N) is 3. The van der Waals surface area contributed by atoms with Crippen molar-refractivity contribution in [1.82, 2.24) is 15.0 Å². The maximum absolute atomic E-state index is 9.69. The Morgan fingerprint density at radius 2 is 1.83 bits per heavy atom. The molecule has 0 amide bonds. The van der Waals surface area contributed by atoms with Gasteiger partial charge in [0.2, 0.25) is 0 Å². The number of aliphatic hydroxyl groups is 1. The number of hydrogen-bond acceptors (Lipinski definition) is 7. The standard InChI is InChI=1S/C21H28ClN5O2/c22-18-11-25-20(26-15-1-3-16(28)4-2-15)9-17(18)19-12-23-13-21(27-19)24-10-14-5-7-29-8-6-14/h9,11-16,28H,1-8,10H2,(H,24,27)(H,25,26)/t15-,16-. The second-order valence-corrected chi connectivity index (χ2v) is 8.33. The molecule has 0 bridgehead atoms. The first kappa shape index (κ1) is 20.3. The van der Waals surface area contributed by atoms with Crippen LogP contribution in [0, 0.1) is 5.92 Å². The molecule has 0 atom stereocenters. The molecule has 2 fully saturated rings. The number of pyridine rings is 1. The molecule has 0 spiro atoms. The van der Waals surface area contributed by atoms with Crippen molar-refractivity contribution in [2.24, 2.45) is 5.92 Å². The summed E-state index contributed by atoms with van der Waals surface area (Å²) >= 11 is 6.42. The van der Waals surface area contributed by atoms with E-state index in [1.807, 2.05) is 6.07 Å². The molecular formula is C21H28ClN5O2. The molecule has 2 aromatic rings. The summed E-state index contributed by atoms with van der Waals surface area (Å²) in [5, 5.41) is 17.1. The van der Waals surface area contributed by atoms with E-state index >= 15 is 0 Å². The van der Waals surface area contributed by atoms with Gasteiger partial charge in [-0.25, -0.2) is 9.97 Å². The molecule has 3 N–H and O–H groups in total. The van der Waals surface area contributed by atoms with Crippen LogP contribution in [-0.4, -0.2) is 52.0 Å². The zero-order chi connectivity index (χ0) is 20.1. The molecular weight excluding hydrogens is 390 g/mol. The van der Waals surface area contributed by atoms with Gasteiger partial charge in [-0.1, -0.05) is 11.6 Å². The summed E-state index contributed by atoms with van der Waals surface area (Å²) in [5.74, 6) is 2.12. The third-order valence-corrected chi connectivity index (χ3v) is 6.03. The molecule has 2 aliphatic rings. The smallest absolute Gasteiger partial charge is 0.145 e. The zero-order valence-electron chi connectivity index (χ0n) is 16.5. The van der Waals surface area contributed by atoms with E-state index in [4.69, 9.17) is 21.3 Å². The van der Waals surface area contributed by atoms with E-state index < -0.39 is 0 Å². The largest absolute Gasteiger partial charge is 0.393 e. The molecule has 1 saturated carbocycles. The predicted molar refractivity (Wildman–Crippen MR) is 114 cm³/mol. The highest BCUT2D eigenvalue weighted by Crippen LogP contribution is 2.30. The molecule has 3 heterocycles. The van der Waals surface area contributed by atoms with Crippen LogP contribution in [0.3, 0.4) is 0 Å². The monoisotopic (exact) mass is 417 g/mol. The van der Waals surface area contributed by atoms with Crippen LogP contribution in [0.15, 0.2) is 24.7 Å². The van der Waals surface area contributed by atoms with Gasteiger partial charge in [0.25, 0.3) is 0 Å². The summed E-state index contributed by atoms with van der Waals surface area (Å²) in [6.45, 7) is 2.53. The van der Waals surface area contributed by atoms with Crippen LogP contribution in [0.2, 0.25) is 5.02 Å². The van der Waals surface area contributed by atoms with Crippen molar-refractivity contribution in [2.75, 3.05) is 30.4 Å². The average molecular weight is 418 g/mol. The Morgan fingerprint density at radius 3 is 2.62 bits per heavy atom. The van der Waals surface area contributed by atoms with Crippen LogP contribution < -0.4 is 10.6 Å². The lowest BCUT2D eigenvalue weighted by Crippen LogP contribution is -2.28. The third kappa shape index (κ3) is 5.56. The predicted octanol–water partition coefficient (Wildman–Crippen LogP) is 3.75. The number of halogens is 1. The van der Waals surface area contributed by atoms with E-state index in [1.54, 1.807) is 18.6 Å². The number of anilines is 2. The van der Waals surface area contributed by atoms with Gasteiger partial charge in [-0.05, 0) is 50.5 Å². The van der Waals surface area contributed by atoms with E-state index in [1.165, 1.54) is 0 Å². The highest BCUT2D eigenvalue weighted by molar-refractivity contribution is 6.33. The lowest BCUT2D eigenvalue weighted by molar-refractivity contribution is 0.0699. The second-order valence-electron chi connectivity index (χ2n) is 7.93. The number of ether oxygens (including phenoxy) is 1. The zero-order valence-corrected chi connectivity index (χ0v) is 17.2. The summed E-state index contributed by atoms with van der Waals surface area (Å²) < 4.78 is 5.42. The SMILES string of the molecule is O[C@H]1CC[C@H](Nc2cc(-c3cncc(NCC4CCOCC4)n3)c(Cl)cn2)CC1. The molecule has 1 aliphatic heterocycles. The molecule has 156 valence electrons. The van der Waals surface area contributed by atoms with Crippen LogP contribution in [0.1, 0.15) is 38.5 Å². The Morgan fingerprint density at radius 1 is 1.03 bits per heavy atom. The maximum Gasteiger partial charge on any atom is 0.145 e. The molecule has 0 radical (unpaired) electrons. The van der Waals surface area contributed by atoms with Gasteiger partial charge in [0.15, 0.2) is 0 Å². The lowest BCUT2D eigenvalue weighted by atomic mass is 9.93.